The van der Waals surface area contributed by atoms with E-state index in [0.29, 0.717) is 5.75 Å². The van der Waals surface area contributed by atoms with E-state index in [1.165, 1.54) is 134 Å². The van der Waals surface area contributed by atoms with E-state index in [1.54, 1.807) is 207 Å². The van der Waals surface area contributed by atoms with E-state index >= 15 is 0 Å². The summed E-state index contributed by atoms with van der Waals surface area (Å²) < 4.78 is 129. The number of halogens is 2. The van der Waals surface area contributed by atoms with Crippen molar-refractivity contribution in [2.24, 2.45) is 0 Å². The van der Waals surface area contributed by atoms with Crippen molar-refractivity contribution in [1.82, 2.24) is 4.90 Å². The topological polar surface area (TPSA) is 151 Å². The number of carbonyl (C=O) groups is 2. The van der Waals surface area contributed by atoms with Crippen LogP contribution in [-0.2, 0) is 22.4 Å². The van der Waals surface area contributed by atoms with Crippen LogP contribution in [0.2, 0.25) is 0 Å². The summed E-state index contributed by atoms with van der Waals surface area (Å²) in [5.41, 5.74) is 2.06. The minimum Gasteiger partial charge on any atom is -0.497 e. The van der Waals surface area contributed by atoms with Gasteiger partial charge in [-0.25, -0.2) is 0 Å². The van der Waals surface area contributed by atoms with Crippen LogP contribution in [0.15, 0.2) is 262 Å². The van der Waals surface area contributed by atoms with Gasteiger partial charge < -0.3 is 62.3 Å². The lowest BCUT2D eigenvalue weighted by Gasteiger charge is -2.13. The molecule has 0 radical (unpaired) electrons. The summed E-state index contributed by atoms with van der Waals surface area (Å²) in [6.07, 6.45) is 4.15. The van der Waals surface area contributed by atoms with E-state index in [4.69, 9.17) is 89.0 Å². The minimum absolute atomic E-state index is 0.131. The molecular weight excluding hydrogens is 2180 g/mol. The Hall–Kier alpha value is -3.91. The average Bonchev–Trinajstić information content (AvgIpc) is 0.787. The molecule has 1 amide bonds. The highest BCUT2D eigenvalue weighted by molar-refractivity contribution is 9.10. The molecule has 0 unspecified atom stereocenters. The van der Waals surface area contributed by atoms with E-state index in [9.17, 15) is 9.59 Å². The van der Waals surface area contributed by atoms with Crippen LogP contribution in [0.5, 0.6) is 63.2 Å². The van der Waals surface area contributed by atoms with E-state index in [-0.39, 0.29) is 11.7 Å². The number of ether oxygens (including phenoxy) is 11. The van der Waals surface area contributed by atoms with Gasteiger partial charge in [-0.15, -0.1) is 0 Å². The van der Waals surface area contributed by atoms with Gasteiger partial charge in [0, 0.05) is 120 Å². The van der Waals surface area contributed by atoms with Gasteiger partial charge in [-0.05, 0) is 298 Å². The number of nitrogens with zero attached hydrogens (tertiary/aromatic N) is 1. The van der Waals surface area contributed by atoms with Crippen LogP contribution < -0.4 is 57.4 Å². The quantitative estimate of drug-likeness (QED) is 0.0220. The number of methoxy groups -OCH3 is 11. The molecule has 15 nitrogen and oxygen atoms in total. The molecule has 0 bridgehead atoms. The van der Waals surface area contributed by atoms with Gasteiger partial charge in [-0.2, -0.15) is 0 Å². The van der Waals surface area contributed by atoms with Crippen LogP contribution in [0.25, 0.3) is 32.3 Å². The van der Waals surface area contributed by atoms with Gasteiger partial charge in [0.2, 0.25) is 9.57 Å². The third-order valence-electron chi connectivity index (χ3n) is 17.7. The number of carbonyl (C=O) groups excluding carboxylic acids is 2. The van der Waals surface area contributed by atoms with Gasteiger partial charge in [-0.1, -0.05) is 262 Å². The maximum atomic E-state index is 11.3. The van der Waals surface area contributed by atoms with Crippen molar-refractivity contribution in [1.29, 1.82) is 0 Å². The highest BCUT2D eigenvalue weighted by Crippen LogP contribution is 2.50. The van der Waals surface area contributed by atoms with Crippen molar-refractivity contribution >= 4 is 297 Å². The highest BCUT2D eigenvalue weighted by Gasteiger charge is 2.31. The second-order valence-electron chi connectivity index (χ2n) is 26.4. The van der Waals surface area contributed by atoms with Crippen LogP contribution in [-0.4, -0.2) is 168 Å². The number of hydrogen-bond acceptors (Lipinski definition) is 35. The zero-order chi connectivity index (χ0) is 109. The molecule has 0 saturated heterocycles. The summed E-state index contributed by atoms with van der Waals surface area (Å²) in [6, 6.07) is 71.3. The van der Waals surface area contributed by atoms with E-state index in [1.807, 2.05) is 177 Å². The van der Waals surface area contributed by atoms with Crippen molar-refractivity contribution in [2.75, 3.05) is 153 Å². The third kappa shape index (κ3) is 46.1. The molecular formula is C99H122Cl2N2O13S21. The molecule has 0 atom stereocenters. The summed E-state index contributed by atoms with van der Waals surface area (Å²) in [6.45, 7) is 10.8. The predicted octanol–water partition coefficient (Wildman–Crippen LogP) is 35.8. The Morgan fingerprint density at radius 2 is 0.839 bits per heavy atom. The predicted molar refractivity (Wildman–Crippen MR) is 639 cm³/mol. The molecule has 12 aromatic rings. The Balaban J connectivity index is 0.000000345. The van der Waals surface area contributed by atoms with Gasteiger partial charge in [0.1, 0.15) is 63.2 Å². The molecule has 0 fully saturated rings. The average molecular weight is 2300 g/mol. The Morgan fingerprint density at radius 3 is 1.33 bits per heavy atom. The first kappa shape index (κ1) is 109. The van der Waals surface area contributed by atoms with Crippen LogP contribution in [0.1, 0.15) is 65.0 Å². The van der Waals surface area contributed by atoms with Crippen molar-refractivity contribution in [3.8, 4) is 63.2 Å². The first-order valence-corrected chi connectivity index (χ1v) is 66.1. The molecule has 12 aromatic carbocycles. The summed E-state index contributed by atoms with van der Waals surface area (Å²) in [5, 5.41) is 9.88. The van der Waals surface area contributed by atoms with Crippen LogP contribution in [0.3, 0.4) is 0 Å². The number of amides is 1. The van der Waals surface area contributed by atoms with Crippen LogP contribution in [0.4, 0.5) is 5.69 Å². The number of aryl methyl sites for hydroxylation is 3. The Labute approximate surface area is 920 Å². The summed E-state index contributed by atoms with van der Waals surface area (Å²) >= 11 is 11.6. The lowest BCUT2D eigenvalue weighted by Crippen LogP contribution is -2.23. The fraction of sp³-hybridized carbons (Fsp3) is 0.313. The number of alkyl halides is 2. The van der Waals surface area contributed by atoms with Gasteiger partial charge in [0.25, 0.3) is 0 Å². The number of hydrogen-bond donors (Lipinski definition) is 1. The van der Waals surface area contributed by atoms with E-state index in [2.05, 4.69) is 93.0 Å². The molecule has 0 aliphatic heterocycles. The maximum Gasteiger partial charge on any atom is 0.232 e. The molecule has 0 saturated carbocycles. The largest absolute Gasteiger partial charge is 0.497 e. The van der Waals surface area contributed by atoms with Gasteiger partial charge in [0.15, 0.2) is 5.78 Å². The fourth-order valence-electron chi connectivity index (χ4n) is 10.8. The number of nitrogens with one attached hydrogen (secondary N) is 1. The van der Waals surface area contributed by atoms with Gasteiger partial charge in [0.05, 0.1) is 99.4 Å². The van der Waals surface area contributed by atoms with Gasteiger partial charge >= 0.3 is 0 Å². The van der Waals surface area contributed by atoms with E-state index < -0.39 is 27.4 Å². The SMILES string of the molecule is COc1ccc(SSC)c(OC)c1.COc1ccc(SSC)c2ccccc12.COc1ccc(SSSC)c(OC)c1.COc1ccc(SS[13CH2][13C](=O)N(C)C)cc1.COc1ccc(SS[13C](Cl)(Cl)[13C](C)=O)cc1.[1H]C([2H])([2H])SSSc1ccc(OC)cc1CC.[1H][13C]([1H])(C)SSc1ccc(OC)c2ccc(C)cc12.[1H][13C]([1H])([2H])SSSc1ccc(OC)cc1NC.[2H][13C]([2H])(C)SSc1ccc(OC)c2cc(CC)ccc12. The molecule has 0 spiro atoms. The Bertz CT molecular complexity index is 5860. The zero-order valence-corrected chi connectivity index (χ0v) is 98.6. The number of ketones is 1. The number of fused-ring (bicyclic) bond motifs is 3. The van der Waals surface area contributed by atoms with Crippen molar-refractivity contribution in [3.63, 3.8) is 0 Å². The molecule has 0 heterocycles. The molecule has 0 aromatic heterocycles. The van der Waals surface area contributed by atoms with Crippen molar-refractivity contribution in [3.05, 3.63) is 235 Å². The first-order chi connectivity index (χ1) is 69.8. The summed E-state index contributed by atoms with van der Waals surface area (Å²) in [5.74, 6) is 9.59. The number of anilines is 1. The molecule has 12 rings (SSSR count). The highest BCUT2D eigenvalue weighted by atomic mass is 35.5. The molecule has 0 aliphatic carbocycles. The van der Waals surface area contributed by atoms with Crippen molar-refractivity contribution in [2.45, 2.75) is 102 Å². The zero-order valence-electron chi connectivity index (χ0n) is 90.0. The Morgan fingerprint density at radius 1 is 0.409 bits per heavy atom. The van der Waals surface area contributed by atoms with Crippen molar-refractivity contribution < 1.29 is 75.4 Å². The molecule has 746 valence electrons. The summed E-state index contributed by atoms with van der Waals surface area (Å²) in [7, 11) is 53.8. The maximum absolute atomic E-state index is 11.3. The smallest absolute Gasteiger partial charge is 0.232 e. The second-order valence-corrected chi connectivity index (χ2v) is 53.5. The number of rotatable bonds is 41. The number of benzene rings is 12. The normalized spacial score (nSPS) is 11.9. The van der Waals surface area contributed by atoms with E-state index in [0.717, 1.165) is 175 Å². The Kier molecular flexibility index (Phi) is 58.8. The fourth-order valence-corrected chi connectivity index (χ4v) is 28.4. The lowest BCUT2D eigenvalue weighted by molar-refractivity contribution is -0.125. The summed E-state index contributed by atoms with van der Waals surface area (Å²) in [4.78, 5) is 33.8. The molecule has 0 aliphatic rings. The third-order valence-corrected chi connectivity index (χ3v) is 41.2. The van der Waals surface area contributed by atoms with Crippen LogP contribution in [0, 0.1) is 6.92 Å². The first-order valence-electron chi connectivity index (χ1n) is 45.6. The standard InChI is InChI=1S/C15H18OS2.C14H16OS2.C12H12OS2.C11H15NO2S2.C10H10Cl2O2S2.C10H14OS3.C9H13NOS3.C9H12O2S3.C9H12O2S2/c1-4-11-6-7-12-13(10-11)14(16-3)8-9-15(12)18-17-5-2;1-4-16-17-14-8-7-13(15-3)11-6-5-10(2)9-12(11)14;1-13-11-7-8-12(15-14-2)10-6-4-3-5-9(10)11;1-12(2)11(13)8-15-16-10-6-4-9(14-3)5-7-10;1-7(13)10(11,12)16-15-9-5-3-8(14-2)4-6-9;1-4-8-7-9(11-2)5-6-10(8)13-14-12-3;1-10-8-6-7(11-2)4-5-9(8)13-14-12-3;1-10-7-4-5-9(13-14-12-3)8(6-7)11-2;1-10-7-4-5-9(13-12-3)8(6-7)11-2/h6-10H,4-5H2,1-3H3;5-9H,4H2,1-3H3;3-8H,1-2H3;4-7H,8H2,1-3H3;3-6H,1-2H3;5-7H,4H2,1-3H3;4-6,10H,1-3H3;4-6H,1-3H3;4-6H,1-3H3/i5+1D2;4+1H2;;8+1,11+1;7+1,10+1;3D2H;3+1DH2;;. The molecule has 38 heteroatoms. The number of Topliss-reactive ketones (excluding diaryl/α,β-unsaturated/α-hetero) is 1. The lowest BCUT2D eigenvalue weighted by atomic mass is 10.0. The second kappa shape index (κ2) is 74.0. The monoisotopic (exact) mass is 2300 g/mol. The van der Waals surface area contributed by atoms with Crippen LogP contribution >= 0.6 is 247 Å². The van der Waals surface area contributed by atoms with Gasteiger partial charge in [-0.3, -0.25) is 9.59 Å². The molecule has 1 N–H and O–H groups in total. The minimum atomic E-state index is -1.97. The molecule has 137 heavy (non-hydrogen) atoms.